The molecule has 0 radical (unpaired) electrons. The fourth-order valence-electron chi connectivity index (χ4n) is 3.87. The van der Waals surface area contributed by atoms with Crippen molar-refractivity contribution >= 4 is 5.91 Å². The molecule has 3 N–H and O–H groups in total. The van der Waals surface area contributed by atoms with E-state index in [4.69, 9.17) is 9.47 Å². The summed E-state index contributed by atoms with van der Waals surface area (Å²) in [4.78, 5) is 15.2. The monoisotopic (exact) mass is 399 g/mol. The van der Waals surface area contributed by atoms with E-state index in [0.717, 1.165) is 50.6 Å². The van der Waals surface area contributed by atoms with Gasteiger partial charge >= 0.3 is 0 Å². The molecule has 2 aromatic rings. The lowest BCUT2D eigenvalue weighted by Gasteiger charge is -2.29. The Labute approximate surface area is 173 Å². The van der Waals surface area contributed by atoms with Gasteiger partial charge in [0.1, 0.15) is 32.7 Å². The largest absolute Gasteiger partial charge is 0.493 e. The van der Waals surface area contributed by atoms with Gasteiger partial charge in [-0.2, -0.15) is 0 Å². The molecule has 1 amide bonds. The highest BCUT2D eigenvalue weighted by Crippen LogP contribution is 2.27. The Balaban J connectivity index is 1.37. The molecule has 1 fully saturated rings. The molecule has 6 nitrogen and oxygen atoms in total. The number of benzene rings is 2. The molecule has 0 atom stereocenters. The lowest BCUT2D eigenvalue weighted by atomic mass is 10.1. The first-order chi connectivity index (χ1) is 14.2. The van der Waals surface area contributed by atoms with Crippen molar-refractivity contribution in [2.75, 3.05) is 53.5 Å². The highest BCUT2D eigenvalue weighted by molar-refractivity contribution is 5.76. The summed E-state index contributed by atoms with van der Waals surface area (Å²) in [6.07, 6.45) is 0.880. The minimum Gasteiger partial charge on any atom is -0.493 e. The van der Waals surface area contributed by atoms with Crippen molar-refractivity contribution in [2.45, 2.75) is 13.0 Å². The Morgan fingerprint density at radius 3 is 2.28 bits per heavy atom. The van der Waals surface area contributed by atoms with Crippen molar-refractivity contribution in [3.63, 3.8) is 0 Å². The standard InChI is InChI=1S/C23H31N3O3/c1-28-21-9-8-20(16-22(21)29-2)17-25-12-14-26(15-13-25)18-23(27)24-11-10-19-6-4-3-5-7-19/h3-9,16H,10-15,17-18H2,1-2H3,(H,24,27)/p+2. The number of hydrogen-bond donors (Lipinski definition) is 3. The van der Waals surface area contributed by atoms with E-state index >= 15 is 0 Å². The normalized spacial score (nSPS) is 18.8. The molecular weight excluding hydrogens is 366 g/mol. The van der Waals surface area contributed by atoms with E-state index in [1.54, 1.807) is 19.1 Å². The lowest BCUT2D eigenvalue weighted by molar-refractivity contribution is -1.02. The van der Waals surface area contributed by atoms with Crippen LogP contribution in [-0.4, -0.2) is 59.4 Å². The molecule has 0 unspecified atom stereocenters. The molecule has 156 valence electrons. The van der Waals surface area contributed by atoms with Gasteiger partial charge < -0.3 is 24.6 Å². The molecule has 0 spiro atoms. The fourth-order valence-corrected chi connectivity index (χ4v) is 3.87. The molecule has 1 aliphatic rings. The number of piperazine rings is 1. The van der Waals surface area contributed by atoms with E-state index in [0.29, 0.717) is 13.1 Å². The molecule has 1 heterocycles. The van der Waals surface area contributed by atoms with Gasteiger partial charge in [0, 0.05) is 12.1 Å². The molecule has 29 heavy (non-hydrogen) atoms. The maximum atomic E-state index is 12.2. The molecule has 0 aliphatic carbocycles. The maximum absolute atomic E-state index is 12.2. The quantitative estimate of drug-likeness (QED) is 0.525. The highest BCUT2D eigenvalue weighted by atomic mass is 16.5. The van der Waals surface area contributed by atoms with Crippen LogP contribution in [0.2, 0.25) is 0 Å². The molecule has 1 aliphatic heterocycles. The van der Waals surface area contributed by atoms with Crippen molar-refractivity contribution in [2.24, 2.45) is 0 Å². The predicted octanol–water partition coefficient (Wildman–Crippen LogP) is -0.654. The van der Waals surface area contributed by atoms with Crippen molar-refractivity contribution in [1.82, 2.24) is 5.32 Å². The zero-order chi connectivity index (χ0) is 20.5. The van der Waals surface area contributed by atoms with Gasteiger partial charge in [-0.1, -0.05) is 30.3 Å². The topological polar surface area (TPSA) is 56.4 Å². The third-order valence-corrected chi connectivity index (χ3v) is 5.56. The summed E-state index contributed by atoms with van der Waals surface area (Å²) in [5.74, 6) is 1.69. The molecule has 6 heteroatoms. The second kappa shape index (κ2) is 10.8. The molecule has 0 aromatic heterocycles. The van der Waals surface area contributed by atoms with Crippen molar-refractivity contribution in [3.05, 3.63) is 59.7 Å². The smallest absolute Gasteiger partial charge is 0.275 e. The average molecular weight is 400 g/mol. The highest BCUT2D eigenvalue weighted by Gasteiger charge is 2.25. The Kier molecular flexibility index (Phi) is 7.90. The van der Waals surface area contributed by atoms with Crippen LogP contribution >= 0.6 is 0 Å². The van der Waals surface area contributed by atoms with E-state index in [1.165, 1.54) is 16.0 Å². The summed E-state index contributed by atoms with van der Waals surface area (Å²) in [7, 11) is 3.32. The fraction of sp³-hybridized carbons (Fsp3) is 0.435. The zero-order valence-electron chi connectivity index (χ0n) is 17.5. The minimum absolute atomic E-state index is 0.152. The summed E-state index contributed by atoms with van der Waals surface area (Å²) in [6.45, 7) is 6.42. The number of hydrogen-bond acceptors (Lipinski definition) is 3. The van der Waals surface area contributed by atoms with Crippen LogP contribution in [0.5, 0.6) is 11.5 Å². The first-order valence-electron chi connectivity index (χ1n) is 10.4. The Bertz CT molecular complexity index is 774. The summed E-state index contributed by atoms with van der Waals surface area (Å²) in [5.41, 5.74) is 2.51. The van der Waals surface area contributed by atoms with Gasteiger partial charge in [0.15, 0.2) is 18.0 Å². The maximum Gasteiger partial charge on any atom is 0.275 e. The number of rotatable bonds is 9. The van der Waals surface area contributed by atoms with Crippen LogP contribution in [0.1, 0.15) is 11.1 Å². The van der Waals surface area contributed by atoms with E-state index in [-0.39, 0.29) is 5.91 Å². The molecular formula is C23H33N3O3+2. The van der Waals surface area contributed by atoms with Gasteiger partial charge in [0.25, 0.3) is 5.91 Å². The van der Waals surface area contributed by atoms with Crippen molar-refractivity contribution in [3.8, 4) is 11.5 Å². The van der Waals surface area contributed by atoms with Crippen LogP contribution in [0, 0.1) is 0 Å². The third-order valence-electron chi connectivity index (χ3n) is 5.56. The number of nitrogens with one attached hydrogen (secondary N) is 3. The molecule has 0 saturated carbocycles. The van der Waals surface area contributed by atoms with E-state index in [2.05, 4.69) is 29.6 Å². The number of methoxy groups -OCH3 is 2. The zero-order valence-corrected chi connectivity index (χ0v) is 17.5. The van der Waals surface area contributed by atoms with Crippen molar-refractivity contribution < 1.29 is 24.1 Å². The van der Waals surface area contributed by atoms with Gasteiger partial charge in [0.2, 0.25) is 0 Å². The van der Waals surface area contributed by atoms with Gasteiger partial charge in [-0.15, -0.1) is 0 Å². The third kappa shape index (κ3) is 6.48. The Hall–Kier alpha value is -2.57. The van der Waals surface area contributed by atoms with Crippen LogP contribution in [0.25, 0.3) is 0 Å². The SMILES string of the molecule is COc1ccc(C[NH+]2CC[NH+](CC(=O)NCCc3ccccc3)CC2)cc1OC. The second-order valence-corrected chi connectivity index (χ2v) is 7.63. The Morgan fingerprint density at radius 1 is 0.897 bits per heavy atom. The van der Waals surface area contributed by atoms with Gasteiger partial charge in [-0.3, -0.25) is 4.79 Å². The average Bonchev–Trinajstić information content (AvgIpc) is 2.76. The van der Waals surface area contributed by atoms with Gasteiger partial charge in [-0.05, 0) is 30.2 Å². The van der Waals surface area contributed by atoms with Crippen LogP contribution < -0.4 is 24.6 Å². The summed E-state index contributed by atoms with van der Waals surface area (Å²) in [5, 5.41) is 3.06. The number of quaternary nitrogens is 2. The van der Waals surface area contributed by atoms with Crippen LogP contribution in [0.3, 0.4) is 0 Å². The summed E-state index contributed by atoms with van der Waals surface area (Å²) in [6, 6.07) is 16.4. The first kappa shape index (κ1) is 21.1. The van der Waals surface area contributed by atoms with Crippen LogP contribution in [-0.2, 0) is 17.8 Å². The van der Waals surface area contributed by atoms with Crippen LogP contribution in [0.15, 0.2) is 48.5 Å². The Morgan fingerprint density at radius 2 is 1.59 bits per heavy atom. The summed E-state index contributed by atoms with van der Waals surface area (Å²) < 4.78 is 10.7. The van der Waals surface area contributed by atoms with Crippen LogP contribution in [0.4, 0.5) is 0 Å². The van der Waals surface area contributed by atoms with Crippen molar-refractivity contribution in [1.29, 1.82) is 0 Å². The van der Waals surface area contributed by atoms with E-state index < -0.39 is 0 Å². The molecule has 0 bridgehead atoms. The molecule has 1 saturated heterocycles. The van der Waals surface area contributed by atoms with E-state index in [1.807, 2.05) is 24.3 Å². The molecule has 3 rings (SSSR count). The number of ether oxygens (including phenoxy) is 2. The molecule has 2 aromatic carbocycles. The van der Waals surface area contributed by atoms with Gasteiger partial charge in [-0.25, -0.2) is 0 Å². The van der Waals surface area contributed by atoms with Gasteiger partial charge in [0.05, 0.1) is 14.2 Å². The number of carbonyl (C=O) groups is 1. The summed E-state index contributed by atoms with van der Waals surface area (Å²) >= 11 is 0. The minimum atomic E-state index is 0.152. The predicted molar refractivity (Wildman–Crippen MR) is 113 cm³/mol. The number of amides is 1. The number of carbonyl (C=O) groups excluding carboxylic acids is 1. The van der Waals surface area contributed by atoms with E-state index in [9.17, 15) is 4.79 Å². The lowest BCUT2D eigenvalue weighted by Crippen LogP contribution is -3.28. The second-order valence-electron chi connectivity index (χ2n) is 7.63. The first-order valence-corrected chi connectivity index (χ1v) is 10.4.